The number of aryl methyl sites for hydroxylation is 4. The van der Waals surface area contributed by atoms with Crippen molar-refractivity contribution >= 4 is 29.2 Å². The van der Waals surface area contributed by atoms with Crippen LogP contribution in [-0.2, 0) is 32.5 Å². The Bertz CT molecular complexity index is 1580. The van der Waals surface area contributed by atoms with Gasteiger partial charge in [-0.25, -0.2) is 0 Å². The molecule has 0 heterocycles. The molecule has 0 unspecified atom stereocenters. The Kier molecular flexibility index (Phi) is 14.7. The average molecular weight is 722 g/mol. The van der Waals surface area contributed by atoms with Gasteiger partial charge in [0.2, 0.25) is 0 Å². The minimum atomic E-state index is -2.82. The van der Waals surface area contributed by atoms with E-state index in [1.807, 2.05) is 0 Å². The van der Waals surface area contributed by atoms with Gasteiger partial charge in [-0.3, -0.25) is 0 Å². The maximum absolute atomic E-state index is 3.84. The van der Waals surface area contributed by atoms with Crippen molar-refractivity contribution in [1.82, 2.24) is 0 Å². The second-order valence-corrected chi connectivity index (χ2v) is 18.3. The predicted molar refractivity (Wildman–Crippen MR) is 186 cm³/mol. The maximum atomic E-state index is 3.84. The van der Waals surface area contributed by atoms with E-state index in [0.717, 1.165) is 6.42 Å². The van der Waals surface area contributed by atoms with Gasteiger partial charge >= 0.3 is 21.7 Å². The molecule has 0 aromatic heterocycles. The predicted octanol–water partition coefficient (Wildman–Crippen LogP) is -0.249. The molecule has 0 nitrogen and oxygen atoms in total. The number of rotatable bonds is 5. The van der Waals surface area contributed by atoms with Gasteiger partial charge in [0, 0.05) is 0 Å². The summed E-state index contributed by atoms with van der Waals surface area (Å²) in [6.07, 6.45) is 7.19. The van der Waals surface area contributed by atoms with Crippen LogP contribution in [0.15, 0.2) is 96.2 Å². The van der Waals surface area contributed by atoms with Crippen LogP contribution in [0, 0.1) is 33.8 Å². The molecule has 0 N–H and O–H groups in total. The van der Waals surface area contributed by atoms with Crippen LogP contribution in [0.2, 0.25) is 0 Å². The topological polar surface area (TPSA) is 0 Å². The number of hydrogen-bond donors (Lipinski definition) is 0. The molecule has 1 aliphatic rings. The van der Waals surface area contributed by atoms with Crippen molar-refractivity contribution in [1.29, 1.82) is 0 Å². The maximum Gasteiger partial charge on any atom is 4.00 e. The van der Waals surface area contributed by atoms with Crippen molar-refractivity contribution in [2.75, 3.05) is 0 Å². The zero-order valence-electron chi connectivity index (χ0n) is 29.0. The van der Waals surface area contributed by atoms with Gasteiger partial charge < -0.3 is 37.2 Å². The van der Waals surface area contributed by atoms with Crippen molar-refractivity contribution in [2.24, 2.45) is 0 Å². The van der Waals surface area contributed by atoms with Crippen molar-refractivity contribution in [3.05, 3.63) is 141 Å². The van der Waals surface area contributed by atoms with Crippen LogP contribution in [0.25, 0.3) is 5.57 Å². The minimum Gasteiger partial charge on any atom is -1.00 e. The van der Waals surface area contributed by atoms with Crippen LogP contribution < -0.4 is 52.8 Å². The molecule has 0 spiro atoms. The molecule has 0 bridgehead atoms. The summed E-state index contributed by atoms with van der Waals surface area (Å²) in [6.45, 7) is 23.2. The van der Waals surface area contributed by atoms with E-state index in [9.17, 15) is 0 Å². The summed E-state index contributed by atoms with van der Waals surface area (Å²) in [7, 11) is -2.82. The molecule has 0 aliphatic heterocycles. The van der Waals surface area contributed by atoms with Gasteiger partial charge in [0.05, 0.1) is 0 Å². The Morgan fingerprint density at radius 1 is 0.543 bits per heavy atom. The molecule has 5 heteroatoms. The van der Waals surface area contributed by atoms with Crippen LogP contribution >= 0.6 is 0 Å². The Balaban J connectivity index is 0.00000264. The molecule has 240 valence electrons. The number of halogens is 3. The molecular weight excluding hydrogens is 675 g/mol. The zero-order valence-corrected chi connectivity index (χ0v) is 33.8. The van der Waals surface area contributed by atoms with Gasteiger partial charge in [0.25, 0.3) is 0 Å². The normalized spacial score (nSPS) is 12.9. The van der Waals surface area contributed by atoms with Crippen LogP contribution in [-0.4, -0.2) is 8.07 Å². The molecule has 46 heavy (non-hydrogen) atoms. The smallest absolute Gasteiger partial charge is 1.00 e. The van der Waals surface area contributed by atoms with E-state index in [0.29, 0.717) is 0 Å². The number of benzene rings is 4. The molecule has 0 saturated carbocycles. The molecule has 0 atom stereocenters. The fourth-order valence-corrected chi connectivity index (χ4v) is 12.2. The van der Waals surface area contributed by atoms with E-state index in [-0.39, 0.29) is 69.8 Å². The summed E-state index contributed by atoms with van der Waals surface area (Å²) in [5, 5.41) is 5.85. The van der Waals surface area contributed by atoms with Gasteiger partial charge in [0.1, 0.15) is 8.07 Å². The van der Waals surface area contributed by atoms with E-state index < -0.39 is 8.07 Å². The first-order valence-corrected chi connectivity index (χ1v) is 17.4. The van der Waals surface area contributed by atoms with Crippen molar-refractivity contribution in [3.63, 3.8) is 0 Å². The zero-order chi connectivity index (χ0) is 30.4. The minimum absolute atomic E-state index is 0. The van der Waals surface area contributed by atoms with Gasteiger partial charge in [-0.2, -0.15) is 11.6 Å². The molecule has 0 radical (unpaired) electrons. The van der Waals surface area contributed by atoms with Crippen molar-refractivity contribution in [2.45, 2.75) is 86.5 Å². The van der Waals surface area contributed by atoms with E-state index in [1.165, 1.54) is 65.3 Å². The van der Waals surface area contributed by atoms with E-state index in [4.69, 9.17) is 0 Å². The molecule has 4 aromatic rings. The molecule has 4 aromatic carbocycles. The first-order valence-electron chi connectivity index (χ1n) is 15.4. The monoisotopic (exact) mass is 720 g/mol. The quantitative estimate of drug-likeness (QED) is 0.152. The third-order valence-electron chi connectivity index (χ3n) is 8.73. The SMILES string of the molecule is Cc1cc(C)cc([Si](C2=CC[C-]=C2c2ccccc2)(c2cc(C)cc(C)c2)c2cc(C(C)(C)C)cc(C(C)(C)C)c2)c1.[Cl-].[Cl-].[Cl-].[Ti+4]. The van der Waals surface area contributed by atoms with E-state index >= 15 is 0 Å². The number of allylic oxidation sites excluding steroid dienone is 4. The Hall–Kier alpha value is -1.84. The first kappa shape index (κ1) is 42.2. The van der Waals surface area contributed by atoms with Gasteiger partial charge in [0.15, 0.2) is 0 Å². The largest absolute Gasteiger partial charge is 4.00 e. The van der Waals surface area contributed by atoms with Gasteiger partial charge in [-0.1, -0.05) is 159 Å². The fourth-order valence-electron chi connectivity index (χ4n) is 6.71. The Morgan fingerprint density at radius 2 is 0.935 bits per heavy atom. The summed E-state index contributed by atoms with van der Waals surface area (Å²) in [6, 6.07) is 33.1. The second kappa shape index (κ2) is 16.0. The van der Waals surface area contributed by atoms with E-state index in [2.05, 4.69) is 166 Å². The van der Waals surface area contributed by atoms with Gasteiger partial charge in [-0.15, -0.1) is 29.0 Å². The van der Waals surface area contributed by atoms with Crippen molar-refractivity contribution in [3.8, 4) is 0 Å². The van der Waals surface area contributed by atoms with E-state index in [1.54, 1.807) is 0 Å². The standard InChI is InChI=1S/C41H47Si.3ClH.Ti/c1-28-19-29(2)22-35(21-28)42(36-23-30(3)20-31(4)24-36,39-18-14-17-38(39)32-15-12-11-13-16-32)37-26-33(40(5,6)7)25-34(27-37)41(8,9)10;;;;/h11-13,15-16,18-27H,14H2,1-10H3;3*1H;/q-1;;;;+4/p-3. The van der Waals surface area contributed by atoms with Crippen LogP contribution in [0.5, 0.6) is 0 Å². The van der Waals surface area contributed by atoms with Crippen LogP contribution in [0.3, 0.4) is 0 Å². The first-order chi connectivity index (χ1) is 19.7. The van der Waals surface area contributed by atoms with Gasteiger partial charge in [-0.05, 0) is 49.7 Å². The number of hydrogen-bond acceptors (Lipinski definition) is 0. The molecule has 0 fully saturated rings. The average Bonchev–Trinajstić information content (AvgIpc) is 3.38. The fraction of sp³-hybridized carbons (Fsp3) is 0.317. The summed E-state index contributed by atoms with van der Waals surface area (Å²) >= 11 is 0. The third kappa shape index (κ3) is 8.41. The second-order valence-electron chi connectivity index (χ2n) is 14.5. The summed E-state index contributed by atoms with van der Waals surface area (Å²) in [5.74, 6) is 0. The Labute approximate surface area is 313 Å². The third-order valence-corrected chi connectivity index (χ3v) is 13.5. The van der Waals surface area contributed by atoms with Crippen molar-refractivity contribution < 1.29 is 58.9 Å². The molecule has 1 aliphatic carbocycles. The summed E-state index contributed by atoms with van der Waals surface area (Å²) in [5.41, 5.74) is 10.7. The molecular formula is C41H47Cl3SiTi. The molecule has 0 saturated heterocycles. The summed E-state index contributed by atoms with van der Waals surface area (Å²) < 4.78 is 0. The van der Waals surface area contributed by atoms with Crippen LogP contribution in [0.4, 0.5) is 0 Å². The Morgan fingerprint density at radius 3 is 1.33 bits per heavy atom. The molecule has 5 rings (SSSR count). The molecule has 0 amide bonds. The van der Waals surface area contributed by atoms with Crippen LogP contribution in [0.1, 0.15) is 86.9 Å². The summed E-state index contributed by atoms with van der Waals surface area (Å²) in [4.78, 5) is 0.